The number of rotatable bonds is 4. The van der Waals surface area contributed by atoms with Gasteiger partial charge in [0.2, 0.25) is 5.75 Å². The lowest BCUT2D eigenvalue weighted by atomic mass is 9.95. The van der Waals surface area contributed by atoms with Crippen molar-refractivity contribution in [3.63, 3.8) is 0 Å². The van der Waals surface area contributed by atoms with Crippen molar-refractivity contribution in [1.82, 2.24) is 5.06 Å². The number of amides is 2. The average molecular weight is 414 g/mol. The first kappa shape index (κ1) is 18.3. The zero-order valence-electron chi connectivity index (χ0n) is 14.2. The highest BCUT2D eigenvalue weighted by atomic mass is 35.5. The summed E-state index contributed by atoms with van der Waals surface area (Å²) in [5.41, 5.74) is -1.17. The number of non-ortho nitro benzene ring substituents is 1. The van der Waals surface area contributed by atoms with E-state index >= 15 is 0 Å². The monoisotopic (exact) mass is 413 g/mol. The highest BCUT2D eigenvalue weighted by Crippen LogP contribution is 2.37. The summed E-state index contributed by atoms with van der Waals surface area (Å²) in [5, 5.41) is 23.6. The topological polar surface area (TPSA) is 133 Å². The van der Waals surface area contributed by atoms with Crippen molar-refractivity contribution in [3.8, 4) is 5.75 Å². The SMILES string of the molecule is O=C1c2cccc3ccc(Cl)c(c23)C(=O)N1Oc1ccc([N+](=O)[O-])cc1[N+](=O)[O-]. The molecule has 144 valence electrons. The molecule has 4 rings (SSSR count). The highest BCUT2D eigenvalue weighted by Gasteiger charge is 2.38. The number of imide groups is 1. The van der Waals surface area contributed by atoms with Crippen LogP contribution in [0, 0.1) is 20.2 Å². The molecule has 2 amide bonds. The molecule has 0 saturated carbocycles. The quantitative estimate of drug-likeness (QED) is 0.359. The number of nitro groups is 2. The summed E-state index contributed by atoms with van der Waals surface area (Å²) >= 11 is 6.16. The van der Waals surface area contributed by atoms with Gasteiger partial charge in [0.15, 0.2) is 0 Å². The van der Waals surface area contributed by atoms with Gasteiger partial charge in [0, 0.05) is 11.5 Å². The molecule has 0 radical (unpaired) electrons. The van der Waals surface area contributed by atoms with Crippen LogP contribution in [0.1, 0.15) is 20.7 Å². The van der Waals surface area contributed by atoms with Crippen LogP contribution in [0.25, 0.3) is 10.8 Å². The van der Waals surface area contributed by atoms with Gasteiger partial charge >= 0.3 is 5.69 Å². The molecular formula is C18H8ClN3O7. The normalized spacial score (nSPS) is 12.9. The van der Waals surface area contributed by atoms with E-state index in [1.54, 1.807) is 18.2 Å². The molecule has 11 heteroatoms. The first-order chi connectivity index (χ1) is 13.8. The molecule has 0 spiro atoms. The molecule has 0 unspecified atom stereocenters. The number of hydrogen-bond acceptors (Lipinski definition) is 7. The smallest absolute Gasteiger partial charge is 0.321 e. The van der Waals surface area contributed by atoms with E-state index in [0.29, 0.717) is 21.9 Å². The molecule has 29 heavy (non-hydrogen) atoms. The summed E-state index contributed by atoms with van der Waals surface area (Å²) in [6.45, 7) is 0. The maximum atomic E-state index is 12.9. The van der Waals surface area contributed by atoms with E-state index in [9.17, 15) is 29.8 Å². The van der Waals surface area contributed by atoms with Crippen LogP contribution >= 0.6 is 11.6 Å². The lowest BCUT2D eigenvalue weighted by Gasteiger charge is -2.26. The molecule has 0 bridgehead atoms. The molecule has 0 saturated heterocycles. The van der Waals surface area contributed by atoms with Crippen LogP contribution < -0.4 is 4.84 Å². The summed E-state index contributed by atoms with van der Waals surface area (Å²) in [6.07, 6.45) is 0. The number of halogens is 1. The van der Waals surface area contributed by atoms with Gasteiger partial charge in [-0.15, -0.1) is 0 Å². The lowest BCUT2D eigenvalue weighted by Crippen LogP contribution is -2.43. The Hall–Kier alpha value is -4.05. The Morgan fingerprint density at radius 1 is 0.931 bits per heavy atom. The molecule has 1 aliphatic rings. The van der Waals surface area contributed by atoms with Crippen molar-refractivity contribution >= 4 is 45.6 Å². The second-order valence-electron chi connectivity index (χ2n) is 5.99. The number of nitro benzene ring substituents is 2. The maximum absolute atomic E-state index is 12.9. The molecule has 1 aliphatic heterocycles. The summed E-state index contributed by atoms with van der Waals surface area (Å²) < 4.78 is 0. The predicted molar refractivity (Wildman–Crippen MR) is 99.8 cm³/mol. The van der Waals surface area contributed by atoms with Gasteiger partial charge in [-0.05, 0) is 23.6 Å². The van der Waals surface area contributed by atoms with Crippen LogP contribution in [0.2, 0.25) is 5.02 Å². The van der Waals surface area contributed by atoms with Gasteiger partial charge in [0.25, 0.3) is 17.5 Å². The fourth-order valence-electron chi connectivity index (χ4n) is 3.06. The van der Waals surface area contributed by atoms with E-state index in [2.05, 4.69) is 0 Å². The number of hydroxylamine groups is 2. The number of benzene rings is 3. The molecule has 0 atom stereocenters. The summed E-state index contributed by atoms with van der Waals surface area (Å²) in [6, 6.07) is 10.5. The van der Waals surface area contributed by atoms with Crippen LogP contribution in [-0.2, 0) is 0 Å². The molecule has 1 heterocycles. The largest absolute Gasteiger partial charge is 0.361 e. The Morgan fingerprint density at radius 2 is 1.69 bits per heavy atom. The third-order valence-electron chi connectivity index (χ3n) is 4.35. The van der Waals surface area contributed by atoms with Crippen LogP contribution in [0.3, 0.4) is 0 Å². The fraction of sp³-hybridized carbons (Fsp3) is 0. The third kappa shape index (κ3) is 2.82. The van der Waals surface area contributed by atoms with Gasteiger partial charge < -0.3 is 4.84 Å². The van der Waals surface area contributed by atoms with Crippen LogP contribution in [0.4, 0.5) is 11.4 Å². The Morgan fingerprint density at radius 3 is 2.38 bits per heavy atom. The Kier molecular flexibility index (Phi) is 4.13. The second kappa shape index (κ2) is 6.53. The van der Waals surface area contributed by atoms with Crippen LogP contribution in [0.5, 0.6) is 5.75 Å². The van der Waals surface area contributed by atoms with Gasteiger partial charge in [-0.2, -0.15) is 0 Å². The van der Waals surface area contributed by atoms with Crippen molar-refractivity contribution in [3.05, 3.63) is 84.9 Å². The van der Waals surface area contributed by atoms with Gasteiger partial charge in [0.1, 0.15) is 0 Å². The van der Waals surface area contributed by atoms with Crippen molar-refractivity contribution in [2.24, 2.45) is 0 Å². The minimum atomic E-state index is -0.914. The van der Waals surface area contributed by atoms with Crippen molar-refractivity contribution in [2.45, 2.75) is 0 Å². The van der Waals surface area contributed by atoms with Crippen molar-refractivity contribution in [2.75, 3.05) is 0 Å². The maximum Gasteiger partial charge on any atom is 0.321 e. The van der Waals surface area contributed by atoms with E-state index in [0.717, 1.165) is 12.1 Å². The number of carbonyl (C=O) groups excluding carboxylic acids is 2. The summed E-state index contributed by atoms with van der Waals surface area (Å²) in [4.78, 5) is 51.5. The number of hydrogen-bond donors (Lipinski definition) is 0. The molecule has 0 N–H and O–H groups in total. The fourth-order valence-corrected chi connectivity index (χ4v) is 3.30. The highest BCUT2D eigenvalue weighted by molar-refractivity contribution is 6.38. The summed E-state index contributed by atoms with van der Waals surface area (Å²) in [5.74, 6) is -2.26. The minimum absolute atomic E-state index is 0.0175. The molecular weight excluding hydrogens is 406 g/mol. The van der Waals surface area contributed by atoms with Gasteiger partial charge in [-0.1, -0.05) is 34.9 Å². The van der Waals surface area contributed by atoms with Gasteiger partial charge in [-0.25, -0.2) is 0 Å². The van der Waals surface area contributed by atoms with Gasteiger partial charge in [0.05, 0.1) is 32.1 Å². The molecule has 10 nitrogen and oxygen atoms in total. The number of carbonyl (C=O) groups is 2. The second-order valence-corrected chi connectivity index (χ2v) is 6.40. The van der Waals surface area contributed by atoms with Gasteiger partial charge in [-0.3, -0.25) is 29.8 Å². The van der Waals surface area contributed by atoms with Crippen molar-refractivity contribution in [1.29, 1.82) is 0 Å². The minimum Gasteiger partial charge on any atom is -0.361 e. The zero-order chi connectivity index (χ0) is 20.9. The third-order valence-corrected chi connectivity index (χ3v) is 4.66. The van der Waals surface area contributed by atoms with Crippen LogP contribution in [-0.4, -0.2) is 26.7 Å². The molecule has 0 aliphatic carbocycles. The predicted octanol–water partition coefficient (Wildman–Crippen LogP) is 3.90. The van der Waals surface area contributed by atoms with E-state index in [1.165, 1.54) is 12.1 Å². The van der Waals surface area contributed by atoms with Crippen LogP contribution in [0.15, 0.2) is 48.5 Å². The van der Waals surface area contributed by atoms with E-state index in [4.69, 9.17) is 16.4 Å². The first-order valence-corrected chi connectivity index (χ1v) is 8.38. The zero-order valence-corrected chi connectivity index (χ0v) is 15.0. The Bertz CT molecular complexity index is 1260. The average Bonchev–Trinajstić information content (AvgIpc) is 2.69. The first-order valence-electron chi connectivity index (χ1n) is 8.00. The van der Waals surface area contributed by atoms with E-state index in [1.807, 2.05) is 0 Å². The molecule has 3 aromatic rings. The molecule has 0 fully saturated rings. The summed E-state index contributed by atoms with van der Waals surface area (Å²) in [7, 11) is 0. The molecule has 3 aromatic carbocycles. The standard InChI is InChI=1S/C18H8ClN3O7/c19-12-6-4-9-2-1-3-11-15(9)16(12)18(24)20(17(11)23)29-14-7-5-10(21(25)26)8-13(14)22(27)28/h1-8H. The molecule has 0 aromatic heterocycles. The number of nitrogens with zero attached hydrogens (tertiary/aromatic N) is 3. The van der Waals surface area contributed by atoms with E-state index < -0.39 is 38.8 Å². The Balaban J connectivity index is 1.83. The van der Waals surface area contributed by atoms with E-state index in [-0.39, 0.29) is 16.1 Å². The lowest BCUT2D eigenvalue weighted by molar-refractivity contribution is -0.395. The van der Waals surface area contributed by atoms with Crippen molar-refractivity contribution < 1.29 is 24.3 Å². The Labute approximate surface area is 166 Å².